The van der Waals surface area contributed by atoms with Crippen molar-refractivity contribution in [1.82, 2.24) is 15.5 Å². The van der Waals surface area contributed by atoms with Crippen molar-refractivity contribution in [3.63, 3.8) is 0 Å². The number of hydrogen-bond acceptors (Lipinski definition) is 5. The number of rotatable bonds is 12. The van der Waals surface area contributed by atoms with Crippen LogP contribution in [0.4, 0.5) is 0 Å². The van der Waals surface area contributed by atoms with E-state index in [0.717, 1.165) is 43.5 Å². The van der Waals surface area contributed by atoms with Crippen molar-refractivity contribution >= 4 is 29.9 Å². The van der Waals surface area contributed by atoms with E-state index in [4.69, 9.17) is 13.9 Å². The van der Waals surface area contributed by atoms with Crippen LogP contribution in [0.25, 0.3) is 0 Å². The van der Waals surface area contributed by atoms with Crippen molar-refractivity contribution in [1.29, 1.82) is 0 Å². The molecule has 2 N–H and O–H groups in total. The topological polar surface area (TPSA) is 71.3 Å². The lowest BCUT2D eigenvalue weighted by Crippen LogP contribution is -2.44. The number of benzene rings is 1. The minimum atomic E-state index is 0. The molecule has 1 fully saturated rings. The molecule has 1 unspecified atom stereocenters. The molecular formula is C25H39IN4O3. The summed E-state index contributed by atoms with van der Waals surface area (Å²) < 4.78 is 16.7. The van der Waals surface area contributed by atoms with Crippen LogP contribution in [0, 0.1) is 0 Å². The number of aliphatic imine (C=N–C) groups is 1. The Labute approximate surface area is 215 Å². The Morgan fingerprint density at radius 1 is 1.06 bits per heavy atom. The number of ether oxygens (including phenoxy) is 2. The molecule has 2 heterocycles. The minimum Gasteiger partial charge on any atom is -0.468 e. The van der Waals surface area contributed by atoms with Crippen LogP contribution in [0.5, 0.6) is 0 Å². The second-order valence-corrected chi connectivity index (χ2v) is 8.00. The molecule has 1 saturated heterocycles. The number of nitrogens with zero attached hydrogens (tertiary/aromatic N) is 2. The molecule has 2 aromatic rings. The lowest BCUT2D eigenvalue weighted by Gasteiger charge is -2.33. The zero-order chi connectivity index (χ0) is 22.4. The largest absolute Gasteiger partial charge is 0.468 e. The maximum atomic E-state index is 5.75. The second-order valence-electron chi connectivity index (χ2n) is 8.00. The quantitative estimate of drug-likeness (QED) is 0.171. The van der Waals surface area contributed by atoms with Gasteiger partial charge in [0.1, 0.15) is 5.76 Å². The monoisotopic (exact) mass is 570 g/mol. The fraction of sp³-hybridized carbons (Fsp3) is 0.560. The molecule has 1 aliphatic heterocycles. The average Bonchev–Trinajstić information content (AvgIpc) is 3.37. The van der Waals surface area contributed by atoms with Gasteiger partial charge in [0.05, 0.1) is 32.1 Å². The van der Waals surface area contributed by atoms with E-state index >= 15 is 0 Å². The maximum absolute atomic E-state index is 5.75. The molecular weight excluding hydrogens is 531 g/mol. The third-order valence-electron chi connectivity index (χ3n) is 5.69. The number of guanidine groups is 1. The highest BCUT2D eigenvalue weighted by atomic mass is 127. The van der Waals surface area contributed by atoms with Crippen molar-refractivity contribution in [2.45, 2.75) is 45.4 Å². The Morgan fingerprint density at radius 3 is 2.58 bits per heavy atom. The van der Waals surface area contributed by atoms with Gasteiger partial charge in [0.15, 0.2) is 5.96 Å². The molecule has 0 aliphatic carbocycles. The highest BCUT2D eigenvalue weighted by Crippen LogP contribution is 2.24. The van der Waals surface area contributed by atoms with Gasteiger partial charge in [-0.15, -0.1) is 24.0 Å². The first-order valence-corrected chi connectivity index (χ1v) is 11.8. The molecule has 1 aromatic heterocycles. The third kappa shape index (κ3) is 9.64. The van der Waals surface area contributed by atoms with Crippen LogP contribution in [-0.4, -0.2) is 57.4 Å². The van der Waals surface area contributed by atoms with E-state index in [1.807, 2.05) is 13.0 Å². The summed E-state index contributed by atoms with van der Waals surface area (Å²) >= 11 is 0. The van der Waals surface area contributed by atoms with Crippen LogP contribution in [0.2, 0.25) is 0 Å². The maximum Gasteiger partial charge on any atom is 0.191 e. The Bertz CT molecular complexity index is 795. The highest BCUT2D eigenvalue weighted by Gasteiger charge is 2.24. The number of piperidine rings is 1. The fourth-order valence-electron chi connectivity index (χ4n) is 4.00. The van der Waals surface area contributed by atoms with Crippen LogP contribution < -0.4 is 10.6 Å². The van der Waals surface area contributed by atoms with Crippen molar-refractivity contribution in [2.24, 2.45) is 4.99 Å². The summed E-state index contributed by atoms with van der Waals surface area (Å²) in [5.41, 5.74) is 2.35. The first kappa shape index (κ1) is 27.6. The number of hydrogen-bond donors (Lipinski definition) is 2. The van der Waals surface area contributed by atoms with Crippen LogP contribution in [0.3, 0.4) is 0 Å². The summed E-state index contributed by atoms with van der Waals surface area (Å²) in [6, 6.07) is 12.7. The first-order valence-electron chi connectivity index (χ1n) is 11.8. The molecule has 0 radical (unpaired) electrons. The van der Waals surface area contributed by atoms with E-state index in [2.05, 4.69) is 50.9 Å². The van der Waals surface area contributed by atoms with Crippen molar-refractivity contribution in [2.75, 3.05) is 46.5 Å². The molecule has 0 saturated carbocycles. The first-order chi connectivity index (χ1) is 15.8. The molecule has 3 rings (SSSR count). The van der Waals surface area contributed by atoms with Gasteiger partial charge < -0.3 is 24.5 Å². The molecule has 1 aromatic carbocycles. The number of nitrogens with one attached hydrogen (secondary N) is 2. The molecule has 0 bridgehead atoms. The summed E-state index contributed by atoms with van der Waals surface area (Å²) in [6.45, 7) is 8.22. The van der Waals surface area contributed by atoms with E-state index in [1.165, 1.54) is 24.8 Å². The Morgan fingerprint density at radius 2 is 1.85 bits per heavy atom. The molecule has 33 heavy (non-hydrogen) atoms. The molecule has 0 spiro atoms. The van der Waals surface area contributed by atoms with Gasteiger partial charge in [-0.05, 0) is 56.1 Å². The SMILES string of the molecule is CCOCCOCc1cccc(CNC(=NC)NCC(c2ccco2)N2CCCCC2)c1.I. The van der Waals surface area contributed by atoms with E-state index in [0.29, 0.717) is 26.4 Å². The van der Waals surface area contributed by atoms with Gasteiger partial charge in [-0.2, -0.15) is 0 Å². The van der Waals surface area contributed by atoms with Gasteiger partial charge in [0, 0.05) is 26.7 Å². The zero-order valence-electron chi connectivity index (χ0n) is 19.9. The van der Waals surface area contributed by atoms with Gasteiger partial charge in [-0.25, -0.2) is 0 Å². The Kier molecular flexibility index (Phi) is 13.5. The highest BCUT2D eigenvalue weighted by molar-refractivity contribution is 14.0. The molecule has 8 heteroatoms. The average molecular weight is 571 g/mol. The van der Waals surface area contributed by atoms with Gasteiger partial charge in [-0.1, -0.05) is 30.7 Å². The van der Waals surface area contributed by atoms with Gasteiger partial charge in [0.25, 0.3) is 0 Å². The van der Waals surface area contributed by atoms with Gasteiger partial charge >= 0.3 is 0 Å². The predicted molar refractivity (Wildman–Crippen MR) is 143 cm³/mol. The van der Waals surface area contributed by atoms with Gasteiger partial charge in [0.2, 0.25) is 0 Å². The summed E-state index contributed by atoms with van der Waals surface area (Å²) in [7, 11) is 1.81. The standard InChI is InChI=1S/C25H38N4O3.HI/c1-3-30-15-16-31-20-22-10-7-9-21(17-22)18-27-25(26-2)28-19-23(24-11-8-14-32-24)29-12-5-4-6-13-29;/h7-11,14,17,23H,3-6,12-13,15-16,18-20H2,1-2H3,(H2,26,27,28);1H. The Hall–Kier alpha value is -1.62. The third-order valence-corrected chi connectivity index (χ3v) is 5.69. The summed E-state index contributed by atoms with van der Waals surface area (Å²) in [4.78, 5) is 6.92. The lowest BCUT2D eigenvalue weighted by atomic mass is 10.1. The number of halogens is 1. The van der Waals surface area contributed by atoms with Crippen molar-refractivity contribution in [3.05, 3.63) is 59.5 Å². The summed E-state index contributed by atoms with van der Waals surface area (Å²) in [6.07, 6.45) is 5.56. The van der Waals surface area contributed by atoms with E-state index in [-0.39, 0.29) is 30.0 Å². The van der Waals surface area contributed by atoms with Crippen molar-refractivity contribution < 1.29 is 13.9 Å². The van der Waals surface area contributed by atoms with Crippen molar-refractivity contribution in [3.8, 4) is 0 Å². The molecule has 1 aliphatic rings. The van der Waals surface area contributed by atoms with E-state index < -0.39 is 0 Å². The molecule has 1 atom stereocenters. The number of furan rings is 1. The summed E-state index contributed by atoms with van der Waals surface area (Å²) in [5, 5.41) is 6.92. The molecule has 184 valence electrons. The van der Waals surface area contributed by atoms with Gasteiger partial charge in [-0.3, -0.25) is 9.89 Å². The predicted octanol–water partition coefficient (Wildman–Crippen LogP) is 4.34. The smallest absolute Gasteiger partial charge is 0.191 e. The van der Waals surface area contributed by atoms with E-state index in [1.54, 1.807) is 13.3 Å². The second kappa shape index (κ2) is 16.1. The normalized spacial score (nSPS) is 15.6. The van der Waals surface area contributed by atoms with Crippen LogP contribution >= 0.6 is 24.0 Å². The Balaban J connectivity index is 0.00000385. The lowest BCUT2D eigenvalue weighted by molar-refractivity contribution is 0.0453. The van der Waals surface area contributed by atoms with Crippen LogP contribution in [-0.2, 0) is 22.6 Å². The van der Waals surface area contributed by atoms with Crippen LogP contribution in [0.1, 0.15) is 49.1 Å². The molecule has 7 nitrogen and oxygen atoms in total. The summed E-state index contributed by atoms with van der Waals surface area (Å²) in [5.74, 6) is 1.80. The number of likely N-dealkylation sites (tertiary alicyclic amines) is 1. The minimum absolute atomic E-state index is 0. The fourth-order valence-corrected chi connectivity index (χ4v) is 4.00. The molecule has 0 amide bonds. The zero-order valence-corrected chi connectivity index (χ0v) is 22.3. The van der Waals surface area contributed by atoms with E-state index in [9.17, 15) is 0 Å². The van der Waals surface area contributed by atoms with Crippen LogP contribution in [0.15, 0.2) is 52.1 Å².